The van der Waals surface area contributed by atoms with Crippen LogP contribution < -0.4 is 4.90 Å². The van der Waals surface area contributed by atoms with E-state index in [9.17, 15) is 9.59 Å². The highest BCUT2D eigenvalue weighted by Crippen LogP contribution is 2.29. The molecule has 148 valence electrons. The Kier molecular flexibility index (Phi) is 6.82. The number of hydrogen-bond donors (Lipinski definition) is 0. The minimum absolute atomic E-state index is 0.0191. The normalized spacial score (nSPS) is 16.4. The summed E-state index contributed by atoms with van der Waals surface area (Å²) < 4.78 is 5.19. The van der Waals surface area contributed by atoms with Gasteiger partial charge in [-0.1, -0.05) is 55.5 Å². The van der Waals surface area contributed by atoms with Gasteiger partial charge >= 0.3 is 0 Å². The number of carbonyl (C=O) groups excluding carboxylic acids is 2. The number of carbonyl (C=O) groups is 2. The van der Waals surface area contributed by atoms with E-state index in [1.165, 1.54) is 0 Å². The van der Waals surface area contributed by atoms with E-state index in [1.807, 2.05) is 59.5 Å². The molecular formula is C23H28N2O3. The lowest BCUT2D eigenvalue weighted by atomic mass is 10.1. The Morgan fingerprint density at radius 1 is 1.14 bits per heavy atom. The lowest BCUT2D eigenvalue weighted by Crippen LogP contribution is -2.39. The molecule has 0 bridgehead atoms. The van der Waals surface area contributed by atoms with Crippen molar-refractivity contribution < 1.29 is 14.3 Å². The number of hydrogen-bond acceptors (Lipinski definition) is 3. The van der Waals surface area contributed by atoms with E-state index < -0.39 is 0 Å². The number of rotatable bonds is 8. The van der Waals surface area contributed by atoms with Crippen LogP contribution in [0.15, 0.2) is 54.6 Å². The Morgan fingerprint density at radius 2 is 1.86 bits per heavy atom. The first kappa shape index (κ1) is 20.1. The molecule has 0 spiro atoms. The van der Waals surface area contributed by atoms with E-state index in [-0.39, 0.29) is 24.2 Å². The Bertz CT molecular complexity index is 807. The fourth-order valence-electron chi connectivity index (χ4n) is 3.71. The summed E-state index contributed by atoms with van der Waals surface area (Å²) in [5.74, 6) is -0.283. The Balaban J connectivity index is 1.75. The predicted octanol–water partition coefficient (Wildman–Crippen LogP) is 3.28. The number of nitrogens with zero attached hydrogens (tertiary/aromatic N) is 2. The second-order valence-corrected chi connectivity index (χ2v) is 7.13. The Hall–Kier alpha value is -2.66. The maximum Gasteiger partial charge on any atom is 0.228 e. The van der Waals surface area contributed by atoms with Crippen molar-refractivity contribution in [3.63, 3.8) is 0 Å². The molecule has 0 aromatic heterocycles. The SMILES string of the molecule is CCc1ccccc1N1C[C@@H](C(=O)N(CCOC)Cc2ccccc2)CC1=O. The van der Waals surface area contributed by atoms with Crippen LogP contribution in [0.1, 0.15) is 24.5 Å². The highest BCUT2D eigenvalue weighted by molar-refractivity contribution is 6.00. The first-order chi connectivity index (χ1) is 13.6. The summed E-state index contributed by atoms with van der Waals surface area (Å²) in [7, 11) is 1.63. The summed E-state index contributed by atoms with van der Waals surface area (Å²) in [4.78, 5) is 29.5. The Morgan fingerprint density at radius 3 is 2.57 bits per heavy atom. The molecule has 0 radical (unpaired) electrons. The van der Waals surface area contributed by atoms with Crippen LogP contribution in [0.5, 0.6) is 0 Å². The second kappa shape index (κ2) is 9.51. The van der Waals surface area contributed by atoms with Crippen LogP contribution in [0, 0.1) is 5.92 Å². The highest BCUT2D eigenvalue weighted by atomic mass is 16.5. The maximum atomic E-state index is 13.2. The van der Waals surface area contributed by atoms with E-state index in [1.54, 1.807) is 12.0 Å². The molecule has 1 saturated heterocycles. The molecule has 0 N–H and O–H groups in total. The molecule has 0 aliphatic carbocycles. The van der Waals surface area contributed by atoms with E-state index in [4.69, 9.17) is 4.74 Å². The number of methoxy groups -OCH3 is 1. The molecule has 1 fully saturated rings. The smallest absolute Gasteiger partial charge is 0.228 e. The molecule has 2 aromatic carbocycles. The quantitative estimate of drug-likeness (QED) is 0.706. The van der Waals surface area contributed by atoms with Crippen LogP contribution in [0.3, 0.4) is 0 Å². The fourth-order valence-corrected chi connectivity index (χ4v) is 3.71. The molecule has 2 aromatic rings. The molecule has 1 aliphatic rings. The lowest BCUT2D eigenvalue weighted by Gasteiger charge is -2.26. The van der Waals surface area contributed by atoms with Crippen molar-refractivity contribution in [2.75, 3.05) is 31.7 Å². The van der Waals surface area contributed by atoms with Crippen LogP contribution in [0.2, 0.25) is 0 Å². The molecule has 1 aliphatic heterocycles. The van der Waals surface area contributed by atoms with E-state index in [0.29, 0.717) is 26.2 Å². The maximum absolute atomic E-state index is 13.2. The van der Waals surface area contributed by atoms with Gasteiger partial charge in [0, 0.05) is 38.9 Å². The number of aryl methyl sites for hydroxylation is 1. The minimum Gasteiger partial charge on any atom is -0.383 e. The van der Waals surface area contributed by atoms with Gasteiger partial charge in [0.25, 0.3) is 0 Å². The zero-order chi connectivity index (χ0) is 19.9. The van der Waals surface area contributed by atoms with Crippen molar-refractivity contribution in [1.29, 1.82) is 0 Å². The molecular weight excluding hydrogens is 352 g/mol. The first-order valence-electron chi connectivity index (χ1n) is 9.84. The van der Waals surface area contributed by atoms with Gasteiger partial charge in [0.2, 0.25) is 11.8 Å². The average Bonchev–Trinajstić information content (AvgIpc) is 3.12. The van der Waals surface area contributed by atoms with Gasteiger partial charge in [-0.05, 0) is 23.6 Å². The minimum atomic E-state index is -0.321. The van der Waals surface area contributed by atoms with Crippen LogP contribution in [0.4, 0.5) is 5.69 Å². The summed E-state index contributed by atoms with van der Waals surface area (Å²) in [6, 6.07) is 17.9. The third-order valence-corrected chi connectivity index (χ3v) is 5.23. The van der Waals surface area contributed by atoms with Crippen molar-refractivity contribution >= 4 is 17.5 Å². The van der Waals surface area contributed by atoms with Crippen LogP contribution >= 0.6 is 0 Å². The van der Waals surface area contributed by atoms with Gasteiger partial charge in [-0.15, -0.1) is 0 Å². The van der Waals surface area contributed by atoms with Gasteiger partial charge in [0.1, 0.15) is 0 Å². The zero-order valence-corrected chi connectivity index (χ0v) is 16.6. The second-order valence-electron chi connectivity index (χ2n) is 7.13. The summed E-state index contributed by atoms with van der Waals surface area (Å²) in [5, 5.41) is 0. The first-order valence-corrected chi connectivity index (χ1v) is 9.84. The summed E-state index contributed by atoms with van der Waals surface area (Å²) in [6.45, 7) is 4.03. The van der Waals surface area contributed by atoms with Crippen molar-refractivity contribution in [3.8, 4) is 0 Å². The van der Waals surface area contributed by atoms with Crippen molar-refractivity contribution in [1.82, 2.24) is 4.90 Å². The van der Waals surface area contributed by atoms with Crippen molar-refractivity contribution in [2.24, 2.45) is 5.92 Å². The fraction of sp³-hybridized carbons (Fsp3) is 0.391. The van der Waals surface area contributed by atoms with E-state index >= 15 is 0 Å². The summed E-state index contributed by atoms with van der Waals surface area (Å²) >= 11 is 0. The highest BCUT2D eigenvalue weighted by Gasteiger charge is 2.37. The summed E-state index contributed by atoms with van der Waals surface area (Å²) in [6.07, 6.45) is 1.11. The number of ether oxygens (including phenoxy) is 1. The average molecular weight is 380 g/mol. The molecule has 1 atom stereocenters. The Labute approximate surface area is 166 Å². The van der Waals surface area contributed by atoms with E-state index in [2.05, 4.69) is 6.92 Å². The molecule has 5 nitrogen and oxygen atoms in total. The summed E-state index contributed by atoms with van der Waals surface area (Å²) in [5.41, 5.74) is 3.13. The van der Waals surface area contributed by atoms with Crippen molar-refractivity contribution in [3.05, 3.63) is 65.7 Å². The number of amides is 2. The van der Waals surface area contributed by atoms with Crippen LogP contribution in [-0.2, 0) is 27.3 Å². The molecule has 2 amide bonds. The van der Waals surface area contributed by atoms with Crippen LogP contribution in [0.25, 0.3) is 0 Å². The van der Waals surface area contributed by atoms with Gasteiger partial charge in [-0.3, -0.25) is 9.59 Å². The number of para-hydroxylation sites is 1. The molecule has 0 saturated carbocycles. The lowest BCUT2D eigenvalue weighted by molar-refractivity contribution is -0.137. The molecule has 5 heteroatoms. The van der Waals surface area contributed by atoms with Gasteiger partial charge in [-0.2, -0.15) is 0 Å². The monoisotopic (exact) mass is 380 g/mol. The molecule has 1 heterocycles. The number of anilines is 1. The van der Waals surface area contributed by atoms with Crippen LogP contribution in [-0.4, -0.2) is 43.5 Å². The zero-order valence-electron chi connectivity index (χ0n) is 16.6. The predicted molar refractivity (Wildman–Crippen MR) is 110 cm³/mol. The van der Waals surface area contributed by atoms with Gasteiger partial charge in [0.05, 0.1) is 12.5 Å². The van der Waals surface area contributed by atoms with Gasteiger partial charge < -0.3 is 14.5 Å². The third kappa shape index (κ3) is 4.60. The third-order valence-electron chi connectivity index (χ3n) is 5.23. The molecule has 3 rings (SSSR count). The van der Waals surface area contributed by atoms with Gasteiger partial charge in [0.15, 0.2) is 0 Å². The number of benzene rings is 2. The molecule has 0 unspecified atom stereocenters. The largest absolute Gasteiger partial charge is 0.383 e. The van der Waals surface area contributed by atoms with Crippen molar-refractivity contribution in [2.45, 2.75) is 26.3 Å². The topological polar surface area (TPSA) is 49.9 Å². The molecule has 28 heavy (non-hydrogen) atoms. The standard InChI is InChI=1S/C23H28N2O3/c1-3-19-11-7-8-12-21(19)25-17-20(15-22(25)26)23(27)24(13-14-28-2)16-18-9-5-4-6-10-18/h4-12,20H,3,13-17H2,1-2H3/t20-/m0/s1. The van der Waals surface area contributed by atoms with E-state index in [0.717, 1.165) is 23.2 Å². The van der Waals surface area contributed by atoms with Gasteiger partial charge in [-0.25, -0.2) is 0 Å².